The highest BCUT2D eigenvalue weighted by molar-refractivity contribution is 7.17. The predicted octanol–water partition coefficient (Wildman–Crippen LogP) is 4.74. The van der Waals surface area contributed by atoms with Gasteiger partial charge in [0, 0.05) is 29.7 Å². The van der Waals surface area contributed by atoms with Gasteiger partial charge in [-0.3, -0.25) is 14.5 Å². The van der Waals surface area contributed by atoms with Crippen molar-refractivity contribution in [2.75, 3.05) is 10.2 Å². The molecule has 0 saturated heterocycles. The van der Waals surface area contributed by atoms with Gasteiger partial charge in [-0.15, -0.1) is 0 Å². The number of thiazole rings is 1. The summed E-state index contributed by atoms with van der Waals surface area (Å²) in [5, 5.41) is 4.47. The predicted molar refractivity (Wildman–Crippen MR) is 116 cm³/mol. The smallest absolute Gasteiger partial charge is 0.267 e. The minimum absolute atomic E-state index is 0.118. The van der Waals surface area contributed by atoms with E-state index in [4.69, 9.17) is 0 Å². The van der Waals surface area contributed by atoms with Crippen molar-refractivity contribution in [3.05, 3.63) is 76.9 Å². The Bertz CT molecular complexity index is 1180. The summed E-state index contributed by atoms with van der Waals surface area (Å²) >= 11 is 1.22. The summed E-state index contributed by atoms with van der Waals surface area (Å²) in [6.45, 7) is 3.70. The summed E-state index contributed by atoms with van der Waals surface area (Å²) < 4.78 is 0. The van der Waals surface area contributed by atoms with Crippen LogP contribution < -0.4 is 10.2 Å². The maximum absolute atomic E-state index is 12.8. The molecule has 2 heterocycles. The van der Waals surface area contributed by atoms with Gasteiger partial charge in [-0.2, -0.15) is 0 Å². The zero-order valence-corrected chi connectivity index (χ0v) is 16.9. The van der Waals surface area contributed by atoms with Crippen LogP contribution in [0.3, 0.4) is 0 Å². The lowest BCUT2D eigenvalue weighted by Crippen LogP contribution is -2.27. The van der Waals surface area contributed by atoms with E-state index in [1.807, 2.05) is 60.8 Å². The molecule has 7 heteroatoms. The number of aromatic amines is 1. The number of fused-ring (bicyclic) bond motifs is 1. The Morgan fingerprint density at radius 3 is 2.69 bits per heavy atom. The summed E-state index contributed by atoms with van der Waals surface area (Å²) in [4.78, 5) is 34.7. The van der Waals surface area contributed by atoms with Gasteiger partial charge in [0.15, 0.2) is 5.13 Å². The van der Waals surface area contributed by atoms with Gasteiger partial charge >= 0.3 is 0 Å². The van der Waals surface area contributed by atoms with Crippen molar-refractivity contribution in [3.63, 3.8) is 0 Å². The van der Waals surface area contributed by atoms with Crippen LogP contribution in [0, 0.1) is 6.92 Å². The largest absolute Gasteiger partial charge is 0.361 e. The first kappa shape index (κ1) is 18.9. The highest BCUT2D eigenvalue weighted by atomic mass is 32.1. The van der Waals surface area contributed by atoms with Gasteiger partial charge in [-0.25, -0.2) is 4.98 Å². The second kappa shape index (κ2) is 7.89. The molecule has 0 fully saturated rings. The fourth-order valence-electron chi connectivity index (χ4n) is 3.11. The summed E-state index contributed by atoms with van der Waals surface area (Å²) in [6.07, 6.45) is 1.86. The highest BCUT2D eigenvalue weighted by Crippen LogP contribution is 2.29. The molecule has 0 radical (unpaired) electrons. The fraction of sp³-hybridized carbons (Fsp3) is 0.136. The van der Waals surface area contributed by atoms with E-state index in [2.05, 4.69) is 15.3 Å². The molecule has 0 atom stereocenters. The van der Waals surface area contributed by atoms with Crippen LogP contribution in [-0.2, 0) is 11.3 Å². The second-order valence-corrected chi connectivity index (χ2v) is 7.71. The molecule has 2 aromatic carbocycles. The van der Waals surface area contributed by atoms with Crippen molar-refractivity contribution in [3.8, 4) is 0 Å². The molecule has 0 bridgehead atoms. The number of hydrogen-bond acceptors (Lipinski definition) is 4. The first-order valence-corrected chi connectivity index (χ1v) is 10.0. The van der Waals surface area contributed by atoms with Crippen LogP contribution in [0.25, 0.3) is 10.9 Å². The number of carbonyl (C=O) groups excluding carboxylic acids is 2. The monoisotopic (exact) mass is 404 g/mol. The van der Waals surface area contributed by atoms with Gasteiger partial charge in [0.2, 0.25) is 5.91 Å². The first-order chi connectivity index (χ1) is 14.0. The zero-order chi connectivity index (χ0) is 20.4. The van der Waals surface area contributed by atoms with Gasteiger partial charge in [0.05, 0.1) is 12.2 Å². The van der Waals surface area contributed by atoms with E-state index in [0.29, 0.717) is 27.9 Å². The molecule has 0 aliphatic heterocycles. The number of amides is 2. The molecule has 0 aliphatic rings. The molecule has 0 aliphatic carbocycles. The van der Waals surface area contributed by atoms with Crippen molar-refractivity contribution >= 4 is 44.9 Å². The van der Waals surface area contributed by atoms with Crippen molar-refractivity contribution in [1.29, 1.82) is 0 Å². The van der Waals surface area contributed by atoms with Gasteiger partial charge in [0.25, 0.3) is 5.91 Å². The van der Waals surface area contributed by atoms with E-state index in [1.165, 1.54) is 18.3 Å². The fourth-order valence-corrected chi connectivity index (χ4v) is 4.11. The van der Waals surface area contributed by atoms with Gasteiger partial charge < -0.3 is 10.3 Å². The summed E-state index contributed by atoms with van der Waals surface area (Å²) in [5.41, 5.74) is 3.33. The molecule has 4 aromatic rings. The molecule has 6 nitrogen and oxygen atoms in total. The second-order valence-electron chi connectivity index (χ2n) is 6.74. The lowest BCUT2D eigenvalue weighted by Gasteiger charge is -2.17. The van der Waals surface area contributed by atoms with E-state index >= 15 is 0 Å². The molecular formula is C22H20N4O2S. The topological polar surface area (TPSA) is 78.1 Å². The number of nitrogens with one attached hydrogen (secondary N) is 2. The molecule has 0 saturated carbocycles. The van der Waals surface area contributed by atoms with Crippen LogP contribution >= 0.6 is 11.3 Å². The number of aromatic nitrogens is 2. The lowest BCUT2D eigenvalue weighted by atomic mass is 10.2. The van der Waals surface area contributed by atoms with Crippen molar-refractivity contribution in [2.45, 2.75) is 20.4 Å². The normalized spacial score (nSPS) is 10.8. The third-order valence-corrected chi connectivity index (χ3v) is 5.78. The SMILES string of the molecule is CC(=O)N(Cc1ccccc1)c1nc(C)c(C(=O)Nc2ccc3[nH]ccc3c2)s1. The molecule has 29 heavy (non-hydrogen) atoms. The molecule has 2 aromatic heterocycles. The van der Waals surface area contributed by atoms with E-state index < -0.39 is 0 Å². The maximum Gasteiger partial charge on any atom is 0.267 e. The molecule has 4 rings (SSSR count). The quantitative estimate of drug-likeness (QED) is 0.504. The number of carbonyl (C=O) groups is 2. The third kappa shape index (κ3) is 4.05. The number of benzene rings is 2. The number of nitrogens with zero attached hydrogens (tertiary/aromatic N) is 2. The average molecular weight is 404 g/mol. The molecule has 2 amide bonds. The standard InChI is InChI=1S/C22H20N4O2S/c1-14-20(21(28)25-18-8-9-19-17(12-18)10-11-23-19)29-22(24-14)26(15(2)27)13-16-6-4-3-5-7-16/h3-12,23H,13H2,1-2H3,(H,25,28). The van der Waals surface area contributed by atoms with Gasteiger partial charge in [0.1, 0.15) is 4.88 Å². The molecule has 0 unspecified atom stereocenters. The van der Waals surface area contributed by atoms with Crippen LogP contribution in [0.15, 0.2) is 60.8 Å². The van der Waals surface area contributed by atoms with Crippen LogP contribution in [0.4, 0.5) is 10.8 Å². The van der Waals surface area contributed by atoms with E-state index in [9.17, 15) is 9.59 Å². The highest BCUT2D eigenvalue weighted by Gasteiger charge is 2.21. The Hall–Kier alpha value is -3.45. The van der Waals surface area contributed by atoms with E-state index in [0.717, 1.165) is 16.5 Å². The van der Waals surface area contributed by atoms with Gasteiger partial charge in [-0.05, 0) is 36.8 Å². The Balaban J connectivity index is 1.56. The van der Waals surface area contributed by atoms with Crippen LogP contribution in [0.5, 0.6) is 0 Å². The Kier molecular flexibility index (Phi) is 5.14. The van der Waals surface area contributed by atoms with Crippen molar-refractivity contribution in [1.82, 2.24) is 9.97 Å². The summed E-state index contributed by atoms with van der Waals surface area (Å²) in [6, 6.07) is 17.4. The van der Waals surface area contributed by atoms with E-state index in [1.54, 1.807) is 11.8 Å². The number of H-pyrrole nitrogens is 1. The summed E-state index contributed by atoms with van der Waals surface area (Å²) in [5.74, 6) is -0.350. The minimum Gasteiger partial charge on any atom is -0.361 e. The molecule has 2 N–H and O–H groups in total. The zero-order valence-electron chi connectivity index (χ0n) is 16.1. The maximum atomic E-state index is 12.8. The number of aryl methyl sites for hydroxylation is 1. The minimum atomic E-state index is -0.232. The average Bonchev–Trinajstić information content (AvgIpc) is 3.32. The molecule has 0 spiro atoms. The number of hydrogen-bond donors (Lipinski definition) is 2. The number of rotatable bonds is 5. The van der Waals surface area contributed by atoms with Crippen LogP contribution in [-0.4, -0.2) is 21.8 Å². The van der Waals surface area contributed by atoms with Gasteiger partial charge in [-0.1, -0.05) is 41.7 Å². The Morgan fingerprint density at radius 2 is 1.93 bits per heavy atom. The first-order valence-electron chi connectivity index (χ1n) is 9.19. The Morgan fingerprint density at radius 1 is 1.14 bits per heavy atom. The van der Waals surface area contributed by atoms with Crippen LogP contribution in [0.1, 0.15) is 27.9 Å². The van der Waals surface area contributed by atoms with E-state index in [-0.39, 0.29) is 11.8 Å². The molecular weight excluding hydrogens is 384 g/mol. The Labute approximate surface area is 172 Å². The lowest BCUT2D eigenvalue weighted by molar-refractivity contribution is -0.116. The number of anilines is 2. The third-order valence-electron chi connectivity index (χ3n) is 4.60. The van der Waals surface area contributed by atoms with Crippen molar-refractivity contribution in [2.24, 2.45) is 0 Å². The summed E-state index contributed by atoms with van der Waals surface area (Å²) in [7, 11) is 0. The molecule has 146 valence electrons. The van der Waals surface area contributed by atoms with Crippen molar-refractivity contribution < 1.29 is 9.59 Å². The van der Waals surface area contributed by atoms with Crippen LogP contribution in [0.2, 0.25) is 0 Å².